The van der Waals surface area contributed by atoms with Crippen LogP contribution in [-0.4, -0.2) is 36.6 Å². The van der Waals surface area contributed by atoms with Crippen molar-refractivity contribution in [2.24, 2.45) is 0 Å². The summed E-state index contributed by atoms with van der Waals surface area (Å²) < 4.78 is 5.78. The molecule has 1 saturated heterocycles. The minimum Gasteiger partial charge on any atom is -0.376 e. The first-order valence-corrected chi connectivity index (χ1v) is 7.73. The fourth-order valence-electron chi connectivity index (χ4n) is 2.64. The van der Waals surface area contributed by atoms with Gasteiger partial charge < -0.3 is 9.64 Å². The van der Waals surface area contributed by atoms with Crippen LogP contribution in [0.25, 0.3) is 0 Å². The SMILES string of the molecule is CCCOC1CCCN(C(=O)CCc2ccccc2)C1. The van der Waals surface area contributed by atoms with Crippen molar-refractivity contribution in [1.29, 1.82) is 0 Å². The topological polar surface area (TPSA) is 29.5 Å². The van der Waals surface area contributed by atoms with E-state index in [1.165, 1.54) is 5.56 Å². The zero-order valence-corrected chi connectivity index (χ0v) is 12.4. The quantitative estimate of drug-likeness (QED) is 0.798. The molecule has 0 bridgehead atoms. The van der Waals surface area contributed by atoms with E-state index in [2.05, 4.69) is 19.1 Å². The van der Waals surface area contributed by atoms with E-state index in [1.807, 2.05) is 23.1 Å². The van der Waals surface area contributed by atoms with E-state index in [9.17, 15) is 4.79 Å². The summed E-state index contributed by atoms with van der Waals surface area (Å²) in [7, 11) is 0. The molecule has 0 spiro atoms. The Morgan fingerprint density at radius 1 is 1.35 bits per heavy atom. The highest BCUT2D eigenvalue weighted by Crippen LogP contribution is 2.15. The molecule has 20 heavy (non-hydrogen) atoms. The maximum atomic E-state index is 12.3. The molecule has 3 heteroatoms. The van der Waals surface area contributed by atoms with Crippen LogP contribution in [0, 0.1) is 0 Å². The summed E-state index contributed by atoms with van der Waals surface area (Å²) in [5.74, 6) is 0.263. The molecule has 1 aromatic carbocycles. The van der Waals surface area contributed by atoms with Gasteiger partial charge in [0.1, 0.15) is 0 Å². The van der Waals surface area contributed by atoms with Crippen molar-refractivity contribution in [3.63, 3.8) is 0 Å². The summed E-state index contributed by atoms with van der Waals surface area (Å²) in [6.07, 6.45) is 4.86. The molecule has 110 valence electrons. The van der Waals surface area contributed by atoms with E-state index in [4.69, 9.17) is 4.74 Å². The summed E-state index contributed by atoms with van der Waals surface area (Å²) in [5, 5.41) is 0. The third-order valence-corrected chi connectivity index (χ3v) is 3.76. The fraction of sp³-hybridized carbons (Fsp3) is 0.588. The van der Waals surface area contributed by atoms with Gasteiger partial charge in [0, 0.05) is 26.1 Å². The highest BCUT2D eigenvalue weighted by atomic mass is 16.5. The summed E-state index contributed by atoms with van der Waals surface area (Å²) >= 11 is 0. The predicted molar refractivity (Wildman–Crippen MR) is 80.6 cm³/mol. The van der Waals surface area contributed by atoms with Crippen molar-refractivity contribution >= 4 is 5.91 Å². The van der Waals surface area contributed by atoms with Gasteiger partial charge in [-0.15, -0.1) is 0 Å². The van der Waals surface area contributed by atoms with Gasteiger partial charge in [0.25, 0.3) is 0 Å². The lowest BCUT2D eigenvalue weighted by atomic mass is 10.1. The van der Waals surface area contributed by atoms with Gasteiger partial charge in [-0.05, 0) is 31.2 Å². The molecule has 0 saturated carbocycles. The van der Waals surface area contributed by atoms with Gasteiger partial charge in [-0.3, -0.25) is 4.79 Å². The fourth-order valence-corrected chi connectivity index (χ4v) is 2.64. The number of carbonyl (C=O) groups is 1. The predicted octanol–water partition coefficient (Wildman–Crippen LogP) is 3.04. The molecular formula is C17H25NO2. The van der Waals surface area contributed by atoms with E-state index in [1.54, 1.807) is 0 Å². The molecule has 0 N–H and O–H groups in total. The molecule has 0 radical (unpaired) electrons. The second kappa shape index (κ2) is 8.05. The molecule has 1 fully saturated rings. The number of hydrogen-bond donors (Lipinski definition) is 0. The number of amides is 1. The van der Waals surface area contributed by atoms with Crippen LogP contribution in [0.15, 0.2) is 30.3 Å². The summed E-state index contributed by atoms with van der Waals surface area (Å²) in [6, 6.07) is 10.2. The molecular weight excluding hydrogens is 250 g/mol. The van der Waals surface area contributed by atoms with Crippen LogP contribution >= 0.6 is 0 Å². The highest BCUT2D eigenvalue weighted by Gasteiger charge is 2.23. The summed E-state index contributed by atoms with van der Waals surface area (Å²) in [5.41, 5.74) is 1.23. The summed E-state index contributed by atoms with van der Waals surface area (Å²) in [6.45, 7) is 4.58. The third kappa shape index (κ3) is 4.64. The van der Waals surface area contributed by atoms with Crippen molar-refractivity contribution in [3.05, 3.63) is 35.9 Å². The molecule has 0 aliphatic carbocycles. The Morgan fingerprint density at radius 2 is 2.15 bits per heavy atom. The molecule has 1 amide bonds. The number of nitrogens with zero attached hydrogens (tertiary/aromatic N) is 1. The number of rotatable bonds is 6. The van der Waals surface area contributed by atoms with Crippen LogP contribution in [0.5, 0.6) is 0 Å². The number of ether oxygens (including phenoxy) is 1. The van der Waals surface area contributed by atoms with Crippen molar-refractivity contribution in [1.82, 2.24) is 4.90 Å². The van der Waals surface area contributed by atoms with Gasteiger partial charge >= 0.3 is 0 Å². The van der Waals surface area contributed by atoms with Crippen LogP contribution in [0.4, 0.5) is 0 Å². The van der Waals surface area contributed by atoms with Crippen LogP contribution < -0.4 is 0 Å². The Hall–Kier alpha value is -1.35. The zero-order valence-electron chi connectivity index (χ0n) is 12.4. The van der Waals surface area contributed by atoms with Crippen molar-refractivity contribution in [3.8, 4) is 0 Å². The summed E-state index contributed by atoms with van der Waals surface area (Å²) in [4.78, 5) is 14.2. The first-order chi connectivity index (χ1) is 9.79. The lowest BCUT2D eigenvalue weighted by Crippen LogP contribution is -2.43. The first kappa shape index (κ1) is 15.0. The molecule has 3 nitrogen and oxygen atoms in total. The molecule has 1 unspecified atom stereocenters. The van der Waals surface area contributed by atoms with Gasteiger partial charge in [0.05, 0.1) is 6.10 Å². The average Bonchev–Trinajstić information content (AvgIpc) is 2.52. The van der Waals surface area contributed by atoms with Crippen LogP contribution in [0.3, 0.4) is 0 Å². The largest absolute Gasteiger partial charge is 0.376 e. The van der Waals surface area contributed by atoms with Gasteiger partial charge in [0.15, 0.2) is 0 Å². The molecule has 0 aromatic heterocycles. The van der Waals surface area contributed by atoms with Crippen LogP contribution in [0.2, 0.25) is 0 Å². The van der Waals surface area contributed by atoms with Crippen molar-refractivity contribution in [2.45, 2.75) is 45.1 Å². The van der Waals surface area contributed by atoms with Crippen LogP contribution in [-0.2, 0) is 16.0 Å². The number of carbonyl (C=O) groups excluding carboxylic acids is 1. The third-order valence-electron chi connectivity index (χ3n) is 3.76. The van der Waals surface area contributed by atoms with E-state index >= 15 is 0 Å². The van der Waals surface area contributed by atoms with E-state index in [0.29, 0.717) is 6.42 Å². The maximum Gasteiger partial charge on any atom is 0.222 e. The highest BCUT2D eigenvalue weighted by molar-refractivity contribution is 5.76. The molecule has 1 heterocycles. The molecule has 1 aromatic rings. The van der Waals surface area contributed by atoms with Gasteiger partial charge in [0.2, 0.25) is 5.91 Å². The van der Waals surface area contributed by atoms with E-state index in [0.717, 1.165) is 45.4 Å². The lowest BCUT2D eigenvalue weighted by Gasteiger charge is -2.32. The van der Waals surface area contributed by atoms with Crippen LogP contribution in [0.1, 0.15) is 38.2 Å². The second-order valence-electron chi connectivity index (χ2n) is 5.46. The minimum absolute atomic E-state index is 0.240. The Bertz CT molecular complexity index is 405. The minimum atomic E-state index is 0.240. The van der Waals surface area contributed by atoms with E-state index in [-0.39, 0.29) is 12.0 Å². The standard InChI is InChI=1S/C17H25NO2/c1-2-13-20-16-9-6-12-18(14-16)17(19)11-10-15-7-4-3-5-8-15/h3-5,7-8,16H,2,6,9-14H2,1H3. The molecule has 1 aliphatic rings. The smallest absolute Gasteiger partial charge is 0.222 e. The van der Waals surface area contributed by atoms with Crippen molar-refractivity contribution < 1.29 is 9.53 Å². The zero-order chi connectivity index (χ0) is 14.2. The number of likely N-dealkylation sites (tertiary alicyclic amines) is 1. The normalized spacial score (nSPS) is 19.1. The molecule has 1 atom stereocenters. The Kier molecular flexibility index (Phi) is 6.06. The van der Waals surface area contributed by atoms with Gasteiger partial charge in [-0.25, -0.2) is 0 Å². The average molecular weight is 275 g/mol. The Labute approximate surface area is 121 Å². The maximum absolute atomic E-state index is 12.3. The number of benzene rings is 1. The monoisotopic (exact) mass is 275 g/mol. The second-order valence-corrected chi connectivity index (χ2v) is 5.46. The van der Waals surface area contributed by atoms with E-state index < -0.39 is 0 Å². The number of piperidine rings is 1. The number of hydrogen-bond acceptors (Lipinski definition) is 2. The first-order valence-electron chi connectivity index (χ1n) is 7.73. The van der Waals surface area contributed by atoms with Crippen molar-refractivity contribution in [2.75, 3.05) is 19.7 Å². The van der Waals surface area contributed by atoms with Gasteiger partial charge in [-0.2, -0.15) is 0 Å². The Balaban J connectivity index is 1.77. The Morgan fingerprint density at radius 3 is 2.90 bits per heavy atom. The van der Waals surface area contributed by atoms with Gasteiger partial charge in [-0.1, -0.05) is 37.3 Å². The number of aryl methyl sites for hydroxylation is 1. The molecule has 1 aliphatic heterocycles. The molecule has 2 rings (SSSR count). The lowest BCUT2D eigenvalue weighted by molar-refractivity contribution is -0.135.